The zero-order valence-electron chi connectivity index (χ0n) is 6.59. The van der Waals surface area contributed by atoms with Crippen LogP contribution in [0.5, 0.6) is 0 Å². The first-order chi connectivity index (χ1) is 4.81. The molecule has 0 atom stereocenters. The fourth-order valence-electron chi connectivity index (χ4n) is 0.537. The van der Waals surface area contributed by atoms with Crippen molar-refractivity contribution in [3.8, 4) is 0 Å². The number of hydrogen-bond donors (Lipinski definition) is 0. The van der Waals surface area contributed by atoms with Gasteiger partial charge in [0.15, 0.2) is 0 Å². The van der Waals surface area contributed by atoms with Crippen LogP contribution in [0.2, 0.25) is 0 Å². The lowest BCUT2D eigenvalue weighted by molar-refractivity contribution is 0.960. The van der Waals surface area contributed by atoms with Gasteiger partial charge < -0.3 is 0 Å². The third-order valence-electron chi connectivity index (χ3n) is 0.996. The van der Waals surface area contributed by atoms with E-state index in [9.17, 15) is 0 Å². The Balaban J connectivity index is 3.36. The standard InChI is InChI=1S/C8H14S2/c1-3-5-6-7-8(9)10-4-2/h6-7H,3-5H2,1-2H3. The van der Waals surface area contributed by atoms with Crippen molar-refractivity contribution in [2.75, 3.05) is 5.75 Å². The number of thiocarbonyl (C=S) groups is 1. The monoisotopic (exact) mass is 174 g/mol. The van der Waals surface area contributed by atoms with Crippen molar-refractivity contribution in [3.05, 3.63) is 12.2 Å². The summed E-state index contributed by atoms with van der Waals surface area (Å²) >= 11 is 6.77. The van der Waals surface area contributed by atoms with E-state index >= 15 is 0 Å². The largest absolute Gasteiger partial charge is 0.115 e. The molecule has 0 amide bonds. The predicted molar refractivity (Wildman–Crippen MR) is 54.8 cm³/mol. The van der Waals surface area contributed by atoms with E-state index in [4.69, 9.17) is 12.2 Å². The summed E-state index contributed by atoms with van der Waals surface area (Å²) in [4.78, 5) is 0. The molecule has 10 heavy (non-hydrogen) atoms. The lowest BCUT2D eigenvalue weighted by Gasteiger charge is -1.90. The third kappa shape index (κ3) is 6.30. The second-order valence-corrected chi connectivity index (χ2v) is 3.95. The van der Waals surface area contributed by atoms with Crippen LogP contribution >= 0.6 is 24.0 Å². The molecule has 0 saturated carbocycles. The molecule has 0 fully saturated rings. The molecular weight excluding hydrogens is 160 g/mol. The summed E-state index contributed by atoms with van der Waals surface area (Å²) in [5.41, 5.74) is 0. The van der Waals surface area contributed by atoms with E-state index in [1.807, 2.05) is 6.08 Å². The highest BCUT2D eigenvalue weighted by Gasteiger charge is 1.86. The molecule has 0 aliphatic carbocycles. The van der Waals surface area contributed by atoms with Crippen LogP contribution in [0.1, 0.15) is 26.7 Å². The van der Waals surface area contributed by atoms with Gasteiger partial charge in [0, 0.05) is 0 Å². The number of rotatable bonds is 4. The Morgan fingerprint density at radius 3 is 2.70 bits per heavy atom. The van der Waals surface area contributed by atoms with Gasteiger partial charge in [-0.3, -0.25) is 0 Å². The van der Waals surface area contributed by atoms with E-state index in [1.165, 1.54) is 6.42 Å². The molecule has 58 valence electrons. The van der Waals surface area contributed by atoms with Crippen LogP contribution in [0.4, 0.5) is 0 Å². The van der Waals surface area contributed by atoms with Crippen molar-refractivity contribution >= 4 is 28.2 Å². The van der Waals surface area contributed by atoms with Crippen LogP contribution in [0.15, 0.2) is 12.2 Å². The van der Waals surface area contributed by atoms with Gasteiger partial charge in [-0.2, -0.15) is 0 Å². The van der Waals surface area contributed by atoms with Crippen molar-refractivity contribution in [2.45, 2.75) is 26.7 Å². The van der Waals surface area contributed by atoms with E-state index in [2.05, 4.69) is 19.9 Å². The molecule has 0 aliphatic rings. The Kier molecular flexibility index (Phi) is 7.42. The smallest absolute Gasteiger partial charge is 0.0702 e. The molecule has 2 heteroatoms. The number of hydrogen-bond acceptors (Lipinski definition) is 2. The van der Waals surface area contributed by atoms with Crippen molar-refractivity contribution in [1.82, 2.24) is 0 Å². The maximum Gasteiger partial charge on any atom is 0.0702 e. The molecule has 0 unspecified atom stereocenters. The molecule has 0 aromatic rings. The topological polar surface area (TPSA) is 0 Å². The normalized spacial score (nSPS) is 10.6. The molecular formula is C8H14S2. The van der Waals surface area contributed by atoms with Gasteiger partial charge in [0.2, 0.25) is 0 Å². The molecule has 0 N–H and O–H groups in total. The lowest BCUT2D eigenvalue weighted by atomic mass is 10.3. The van der Waals surface area contributed by atoms with Gasteiger partial charge in [-0.05, 0) is 18.2 Å². The Hall–Kier alpha value is 0.180. The van der Waals surface area contributed by atoms with Gasteiger partial charge in [0.05, 0.1) is 4.20 Å². The summed E-state index contributed by atoms with van der Waals surface area (Å²) in [6.45, 7) is 4.28. The third-order valence-corrected chi connectivity index (χ3v) is 2.19. The molecule has 0 nitrogen and oxygen atoms in total. The van der Waals surface area contributed by atoms with Crippen LogP contribution in [0, 0.1) is 0 Å². The highest BCUT2D eigenvalue weighted by molar-refractivity contribution is 8.23. The van der Waals surface area contributed by atoms with E-state index in [0.717, 1.165) is 16.4 Å². The summed E-state index contributed by atoms with van der Waals surface area (Å²) in [5.74, 6) is 1.08. The molecule has 0 spiro atoms. The molecule has 0 aromatic heterocycles. The molecule has 0 saturated heterocycles. The van der Waals surface area contributed by atoms with Crippen LogP contribution in [-0.4, -0.2) is 9.95 Å². The highest BCUT2D eigenvalue weighted by atomic mass is 32.2. The van der Waals surface area contributed by atoms with E-state index in [1.54, 1.807) is 11.8 Å². The molecule has 0 aromatic carbocycles. The minimum absolute atomic E-state index is 1.01. The van der Waals surface area contributed by atoms with Gasteiger partial charge in [-0.1, -0.05) is 38.6 Å². The Morgan fingerprint density at radius 2 is 2.20 bits per heavy atom. The fraction of sp³-hybridized carbons (Fsp3) is 0.625. The summed E-state index contributed by atoms with van der Waals surface area (Å²) < 4.78 is 1.01. The molecule has 0 aliphatic heterocycles. The zero-order chi connectivity index (χ0) is 7.82. The van der Waals surface area contributed by atoms with Crippen molar-refractivity contribution in [2.24, 2.45) is 0 Å². The summed E-state index contributed by atoms with van der Waals surface area (Å²) in [5, 5.41) is 0. The SMILES string of the molecule is CCCC=CC(=S)SCC. The summed E-state index contributed by atoms with van der Waals surface area (Å²) in [6, 6.07) is 0. The lowest BCUT2D eigenvalue weighted by Crippen LogP contribution is -1.80. The molecule has 0 radical (unpaired) electrons. The van der Waals surface area contributed by atoms with Gasteiger partial charge in [0.25, 0.3) is 0 Å². The first-order valence-corrected chi connectivity index (χ1v) is 5.04. The molecule has 0 rings (SSSR count). The number of thioether (sulfide) groups is 1. The maximum absolute atomic E-state index is 5.04. The predicted octanol–water partition coefficient (Wildman–Crippen LogP) is 3.42. The fourth-order valence-corrected chi connectivity index (χ4v) is 1.46. The van der Waals surface area contributed by atoms with Gasteiger partial charge in [0.1, 0.15) is 0 Å². The molecule has 0 bridgehead atoms. The Bertz CT molecular complexity index is 116. The second-order valence-electron chi connectivity index (χ2n) is 1.94. The van der Waals surface area contributed by atoms with E-state index < -0.39 is 0 Å². The van der Waals surface area contributed by atoms with Gasteiger partial charge in [-0.25, -0.2) is 0 Å². The van der Waals surface area contributed by atoms with Crippen molar-refractivity contribution in [1.29, 1.82) is 0 Å². The van der Waals surface area contributed by atoms with Crippen molar-refractivity contribution in [3.63, 3.8) is 0 Å². The number of allylic oxidation sites excluding steroid dienone is 1. The van der Waals surface area contributed by atoms with Crippen LogP contribution < -0.4 is 0 Å². The van der Waals surface area contributed by atoms with E-state index in [-0.39, 0.29) is 0 Å². The minimum Gasteiger partial charge on any atom is -0.115 e. The highest BCUT2D eigenvalue weighted by Crippen LogP contribution is 2.04. The quantitative estimate of drug-likeness (QED) is 0.473. The average molecular weight is 174 g/mol. The Labute approximate surface area is 73.1 Å². The summed E-state index contributed by atoms with van der Waals surface area (Å²) in [6.07, 6.45) is 6.53. The van der Waals surface area contributed by atoms with Crippen LogP contribution in [-0.2, 0) is 0 Å². The Morgan fingerprint density at radius 1 is 1.50 bits per heavy atom. The molecule has 0 heterocycles. The zero-order valence-corrected chi connectivity index (χ0v) is 8.23. The van der Waals surface area contributed by atoms with Crippen molar-refractivity contribution < 1.29 is 0 Å². The maximum atomic E-state index is 5.04. The van der Waals surface area contributed by atoms with Gasteiger partial charge in [-0.15, -0.1) is 11.8 Å². The van der Waals surface area contributed by atoms with Gasteiger partial charge >= 0.3 is 0 Å². The first-order valence-electron chi connectivity index (χ1n) is 3.64. The second kappa shape index (κ2) is 7.29. The first kappa shape index (κ1) is 10.2. The van der Waals surface area contributed by atoms with Crippen LogP contribution in [0.25, 0.3) is 0 Å². The minimum atomic E-state index is 1.01. The summed E-state index contributed by atoms with van der Waals surface area (Å²) in [7, 11) is 0. The number of unbranched alkanes of at least 4 members (excludes halogenated alkanes) is 1. The van der Waals surface area contributed by atoms with Crippen LogP contribution in [0.3, 0.4) is 0 Å². The average Bonchev–Trinajstić information content (AvgIpc) is 1.89. The van der Waals surface area contributed by atoms with E-state index in [0.29, 0.717) is 0 Å².